The molecule has 0 aliphatic rings. The number of ether oxygens (including phenoxy) is 1. The lowest BCUT2D eigenvalue weighted by Gasteiger charge is -2.12. The van der Waals surface area contributed by atoms with Gasteiger partial charge >= 0.3 is 5.97 Å². The van der Waals surface area contributed by atoms with Gasteiger partial charge in [-0.15, -0.1) is 11.3 Å². The Labute approximate surface area is 109 Å². The molecule has 0 radical (unpaired) electrons. The molecule has 0 saturated carbocycles. The Bertz CT molecular complexity index is 527. The van der Waals surface area contributed by atoms with E-state index >= 15 is 0 Å². The zero-order chi connectivity index (χ0) is 13.0. The van der Waals surface area contributed by atoms with Crippen LogP contribution in [-0.4, -0.2) is 23.0 Å². The van der Waals surface area contributed by atoms with E-state index in [0.717, 1.165) is 5.56 Å². The van der Waals surface area contributed by atoms with Crippen LogP contribution in [0.15, 0.2) is 29.9 Å². The summed E-state index contributed by atoms with van der Waals surface area (Å²) >= 11 is 1.38. The third-order valence-electron chi connectivity index (χ3n) is 2.44. The van der Waals surface area contributed by atoms with Gasteiger partial charge in [0.1, 0.15) is 0 Å². The molecule has 0 spiro atoms. The molecule has 6 heteroatoms. The number of esters is 1. The van der Waals surface area contributed by atoms with Gasteiger partial charge in [0, 0.05) is 17.8 Å². The number of aromatic nitrogens is 2. The summed E-state index contributed by atoms with van der Waals surface area (Å²) in [5.74, 6) is -0.420. The highest BCUT2D eigenvalue weighted by atomic mass is 32.1. The van der Waals surface area contributed by atoms with Crippen molar-refractivity contribution in [2.24, 2.45) is 0 Å². The van der Waals surface area contributed by atoms with Gasteiger partial charge < -0.3 is 10.1 Å². The number of nitrogens with one attached hydrogen (secondary N) is 1. The first kappa shape index (κ1) is 12.5. The largest absolute Gasteiger partial charge is 0.464 e. The van der Waals surface area contributed by atoms with Crippen molar-refractivity contribution >= 4 is 22.4 Å². The van der Waals surface area contributed by atoms with Crippen LogP contribution in [0.4, 0.5) is 5.13 Å². The number of thiazole rings is 1. The highest BCUT2D eigenvalue weighted by Gasteiger charge is 2.12. The minimum atomic E-state index is -0.420. The third-order valence-corrected chi connectivity index (χ3v) is 3.22. The van der Waals surface area contributed by atoms with Crippen LogP contribution in [0.1, 0.15) is 29.0 Å². The summed E-state index contributed by atoms with van der Waals surface area (Å²) in [5, 5.41) is 5.60. The summed E-state index contributed by atoms with van der Waals surface area (Å²) in [6, 6.07) is 3.98. The van der Waals surface area contributed by atoms with Crippen molar-refractivity contribution in [1.29, 1.82) is 0 Å². The number of carbonyl (C=O) groups excluding carboxylic acids is 1. The average molecular weight is 263 g/mol. The van der Waals surface area contributed by atoms with Crippen molar-refractivity contribution in [1.82, 2.24) is 9.97 Å². The van der Waals surface area contributed by atoms with Crippen molar-refractivity contribution in [3.8, 4) is 0 Å². The normalized spacial score (nSPS) is 11.9. The Morgan fingerprint density at radius 3 is 2.83 bits per heavy atom. The highest BCUT2D eigenvalue weighted by molar-refractivity contribution is 7.13. The zero-order valence-corrected chi connectivity index (χ0v) is 10.9. The van der Waals surface area contributed by atoms with E-state index in [0.29, 0.717) is 10.8 Å². The van der Waals surface area contributed by atoms with E-state index in [4.69, 9.17) is 0 Å². The number of rotatable bonds is 4. The molecule has 2 rings (SSSR count). The quantitative estimate of drug-likeness (QED) is 0.859. The fraction of sp³-hybridized carbons (Fsp3) is 0.250. The average Bonchev–Trinajstić information content (AvgIpc) is 2.87. The molecule has 1 N–H and O–H groups in total. The molecular formula is C12H13N3O2S. The molecular weight excluding hydrogens is 250 g/mol. The second-order valence-corrected chi connectivity index (χ2v) is 4.53. The lowest BCUT2D eigenvalue weighted by molar-refractivity contribution is 0.0595. The van der Waals surface area contributed by atoms with Gasteiger partial charge in [0.05, 0.1) is 13.2 Å². The first-order chi connectivity index (χ1) is 8.70. The van der Waals surface area contributed by atoms with Crippen LogP contribution in [-0.2, 0) is 4.74 Å². The monoisotopic (exact) mass is 263 g/mol. The summed E-state index contributed by atoms with van der Waals surface area (Å²) in [7, 11) is 1.34. The predicted molar refractivity (Wildman–Crippen MR) is 69.7 cm³/mol. The smallest absolute Gasteiger partial charge is 0.357 e. The van der Waals surface area contributed by atoms with E-state index in [1.165, 1.54) is 18.4 Å². The summed E-state index contributed by atoms with van der Waals surface area (Å²) in [4.78, 5) is 19.4. The molecule has 2 aromatic heterocycles. The topological polar surface area (TPSA) is 64.1 Å². The van der Waals surface area contributed by atoms with Crippen LogP contribution in [0.5, 0.6) is 0 Å². The summed E-state index contributed by atoms with van der Waals surface area (Å²) < 4.78 is 4.61. The van der Waals surface area contributed by atoms with Gasteiger partial charge in [-0.25, -0.2) is 9.78 Å². The van der Waals surface area contributed by atoms with Crippen molar-refractivity contribution in [2.45, 2.75) is 13.0 Å². The van der Waals surface area contributed by atoms with Gasteiger partial charge in [0.2, 0.25) is 0 Å². The lowest BCUT2D eigenvalue weighted by atomic mass is 10.1. The molecule has 0 aliphatic heterocycles. The Balaban J connectivity index is 2.06. The molecule has 2 aromatic rings. The molecule has 0 amide bonds. The lowest BCUT2D eigenvalue weighted by Crippen LogP contribution is -2.07. The van der Waals surface area contributed by atoms with Crippen molar-refractivity contribution in [2.75, 3.05) is 12.4 Å². The first-order valence-corrected chi connectivity index (χ1v) is 6.29. The van der Waals surface area contributed by atoms with Crippen LogP contribution in [0.2, 0.25) is 0 Å². The molecule has 2 heterocycles. The molecule has 0 saturated heterocycles. The van der Waals surface area contributed by atoms with Crippen molar-refractivity contribution in [3.05, 3.63) is 41.2 Å². The predicted octanol–water partition coefficient (Wildman–Crippen LogP) is 2.50. The van der Waals surface area contributed by atoms with Gasteiger partial charge in [0.15, 0.2) is 10.8 Å². The van der Waals surface area contributed by atoms with E-state index in [-0.39, 0.29) is 6.04 Å². The number of hydrogen-bond donors (Lipinski definition) is 1. The number of nitrogens with zero attached hydrogens (tertiary/aromatic N) is 2. The maximum atomic E-state index is 11.3. The van der Waals surface area contributed by atoms with Gasteiger partial charge in [-0.05, 0) is 24.6 Å². The van der Waals surface area contributed by atoms with E-state index < -0.39 is 5.97 Å². The molecule has 0 bridgehead atoms. The van der Waals surface area contributed by atoms with E-state index in [9.17, 15) is 4.79 Å². The fourth-order valence-electron chi connectivity index (χ4n) is 1.46. The van der Waals surface area contributed by atoms with Gasteiger partial charge in [-0.1, -0.05) is 0 Å². The van der Waals surface area contributed by atoms with E-state index in [1.807, 2.05) is 19.1 Å². The summed E-state index contributed by atoms with van der Waals surface area (Å²) in [6.45, 7) is 2.02. The maximum absolute atomic E-state index is 11.3. The summed E-state index contributed by atoms with van der Waals surface area (Å²) in [5.41, 5.74) is 1.44. The highest BCUT2D eigenvalue weighted by Crippen LogP contribution is 2.22. The third kappa shape index (κ3) is 2.84. The second-order valence-electron chi connectivity index (χ2n) is 3.68. The van der Waals surface area contributed by atoms with Crippen LogP contribution >= 0.6 is 11.3 Å². The molecule has 1 atom stereocenters. The van der Waals surface area contributed by atoms with E-state index in [2.05, 4.69) is 20.0 Å². The molecule has 0 fully saturated rings. The first-order valence-electron chi connectivity index (χ1n) is 5.41. The van der Waals surface area contributed by atoms with Gasteiger partial charge in [0.25, 0.3) is 0 Å². The Hall–Kier alpha value is -1.95. The number of hydrogen-bond acceptors (Lipinski definition) is 6. The molecule has 1 unspecified atom stereocenters. The standard InChI is InChI=1S/C12H13N3O2S/c1-8(9-3-5-13-6-4-9)14-12-15-10(7-18-12)11(16)17-2/h3-8H,1-2H3,(H,14,15). The van der Waals surface area contributed by atoms with Crippen LogP contribution in [0.3, 0.4) is 0 Å². The van der Waals surface area contributed by atoms with Crippen molar-refractivity contribution in [3.63, 3.8) is 0 Å². The maximum Gasteiger partial charge on any atom is 0.357 e. The molecule has 0 aromatic carbocycles. The number of anilines is 1. The number of carbonyl (C=O) groups is 1. The molecule has 94 valence electrons. The zero-order valence-electron chi connectivity index (χ0n) is 10.1. The SMILES string of the molecule is COC(=O)c1csc(NC(C)c2ccncc2)n1. The summed E-state index contributed by atoms with van der Waals surface area (Å²) in [6.07, 6.45) is 3.49. The molecule has 0 aliphatic carbocycles. The van der Waals surface area contributed by atoms with Gasteiger partial charge in [-0.3, -0.25) is 4.98 Å². The Morgan fingerprint density at radius 2 is 2.17 bits per heavy atom. The second kappa shape index (κ2) is 5.59. The fourth-order valence-corrected chi connectivity index (χ4v) is 2.23. The Kier molecular flexibility index (Phi) is 3.88. The van der Waals surface area contributed by atoms with Crippen LogP contribution < -0.4 is 5.32 Å². The van der Waals surface area contributed by atoms with Gasteiger partial charge in [-0.2, -0.15) is 0 Å². The number of methoxy groups -OCH3 is 1. The van der Waals surface area contributed by atoms with Crippen molar-refractivity contribution < 1.29 is 9.53 Å². The van der Waals surface area contributed by atoms with Crippen LogP contribution in [0, 0.1) is 0 Å². The van der Waals surface area contributed by atoms with Crippen LogP contribution in [0.25, 0.3) is 0 Å². The minimum Gasteiger partial charge on any atom is -0.464 e. The molecule has 18 heavy (non-hydrogen) atoms. The Morgan fingerprint density at radius 1 is 1.44 bits per heavy atom. The van der Waals surface area contributed by atoms with E-state index in [1.54, 1.807) is 17.8 Å². The minimum absolute atomic E-state index is 0.102. The number of pyridine rings is 1. The molecule has 5 nitrogen and oxygen atoms in total.